The number of carbonyl (C=O) groups excluding carboxylic acids is 1. The van der Waals surface area contributed by atoms with E-state index in [0.717, 1.165) is 22.4 Å². The molecule has 0 bridgehead atoms. The lowest BCUT2D eigenvalue weighted by molar-refractivity contribution is 0.0596. The van der Waals surface area contributed by atoms with E-state index < -0.39 is 0 Å². The largest absolute Gasteiger partial charge is 0.361 e. The van der Waals surface area contributed by atoms with Crippen LogP contribution in [0.25, 0.3) is 0 Å². The molecule has 3 aromatic carbocycles. The fourth-order valence-corrected chi connectivity index (χ4v) is 3.44. The zero-order chi connectivity index (χ0) is 17.2. The van der Waals surface area contributed by atoms with E-state index in [9.17, 15) is 4.79 Å². The predicted octanol–water partition coefficient (Wildman–Crippen LogP) is 5.01. The summed E-state index contributed by atoms with van der Waals surface area (Å²) in [4.78, 5) is 15.2. The van der Waals surface area contributed by atoms with Gasteiger partial charge in [-0.3, -0.25) is 4.79 Å². The van der Waals surface area contributed by atoms with Gasteiger partial charge in [0.05, 0.1) is 11.6 Å². The van der Waals surface area contributed by atoms with E-state index in [2.05, 4.69) is 36.5 Å². The summed E-state index contributed by atoms with van der Waals surface area (Å²) in [7, 11) is 0. The molecule has 0 aliphatic carbocycles. The van der Waals surface area contributed by atoms with Gasteiger partial charge >= 0.3 is 0 Å². The van der Waals surface area contributed by atoms with Crippen LogP contribution in [0.2, 0.25) is 0 Å². The predicted molar refractivity (Wildman–Crippen MR) is 100 cm³/mol. The Balaban J connectivity index is 1.81. The fourth-order valence-electron chi connectivity index (χ4n) is 3.44. The standard InChI is InChI=1S/C22H20N2O/c1-16(17-10-4-2-5-11-17)24-21(18-12-6-3-7-13-18)23-20-15-9-8-14-19(20)22(24)25/h2-16,21,23H,1H3/t16-,21-/m0/s1. The maximum Gasteiger partial charge on any atom is 0.258 e. The van der Waals surface area contributed by atoms with E-state index >= 15 is 0 Å². The number of hydrogen-bond donors (Lipinski definition) is 1. The van der Waals surface area contributed by atoms with E-state index in [4.69, 9.17) is 0 Å². The van der Waals surface area contributed by atoms with Gasteiger partial charge in [0.25, 0.3) is 5.91 Å². The molecule has 1 N–H and O–H groups in total. The molecule has 4 rings (SSSR count). The van der Waals surface area contributed by atoms with E-state index in [1.165, 1.54) is 0 Å². The minimum Gasteiger partial charge on any atom is -0.361 e. The first-order valence-electron chi connectivity index (χ1n) is 8.54. The number of nitrogens with zero attached hydrogens (tertiary/aromatic N) is 1. The van der Waals surface area contributed by atoms with E-state index in [-0.39, 0.29) is 18.1 Å². The number of benzene rings is 3. The van der Waals surface area contributed by atoms with Crippen LogP contribution in [-0.4, -0.2) is 10.8 Å². The molecule has 1 heterocycles. The fraction of sp³-hybridized carbons (Fsp3) is 0.136. The highest BCUT2D eigenvalue weighted by Gasteiger charge is 2.36. The van der Waals surface area contributed by atoms with Gasteiger partial charge in [0.15, 0.2) is 0 Å². The lowest BCUT2D eigenvalue weighted by Gasteiger charge is -2.42. The number of anilines is 1. The van der Waals surface area contributed by atoms with Crippen molar-refractivity contribution in [2.24, 2.45) is 0 Å². The second-order valence-electron chi connectivity index (χ2n) is 6.30. The van der Waals surface area contributed by atoms with Crippen LogP contribution in [0.15, 0.2) is 84.9 Å². The monoisotopic (exact) mass is 328 g/mol. The summed E-state index contributed by atoms with van der Waals surface area (Å²) >= 11 is 0. The molecule has 1 aliphatic heterocycles. The first kappa shape index (κ1) is 15.5. The van der Waals surface area contributed by atoms with E-state index in [1.54, 1.807) is 0 Å². The van der Waals surface area contributed by atoms with Gasteiger partial charge in [0.2, 0.25) is 0 Å². The van der Waals surface area contributed by atoms with Gasteiger partial charge < -0.3 is 10.2 Å². The number of hydrogen-bond acceptors (Lipinski definition) is 2. The van der Waals surface area contributed by atoms with Crippen molar-refractivity contribution in [2.75, 3.05) is 5.32 Å². The maximum atomic E-state index is 13.3. The quantitative estimate of drug-likeness (QED) is 0.732. The molecule has 0 saturated heterocycles. The third kappa shape index (κ3) is 2.78. The van der Waals surface area contributed by atoms with Gasteiger partial charge in [-0.1, -0.05) is 72.8 Å². The average Bonchev–Trinajstić information content (AvgIpc) is 2.69. The van der Waals surface area contributed by atoms with Crippen molar-refractivity contribution in [3.05, 3.63) is 102 Å². The van der Waals surface area contributed by atoms with Crippen LogP contribution in [0, 0.1) is 0 Å². The van der Waals surface area contributed by atoms with Crippen LogP contribution in [0.3, 0.4) is 0 Å². The smallest absolute Gasteiger partial charge is 0.258 e. The molecule has 25 heavy (non-hydrogen) atoms. The Labute approximate surface area is 147 Å². The summed E-state index contributed by atoms with van der Waals surface area (Å²) in [5.41, 5.74) is 3.81. The molecule has 124 valence electrons. The normalized spacial score (nSPS) is 17.6. The SMILES string of the molecule is C[C@@H](c1ccccc1)N1C(=O)c2ccccc2N[C@@H]1c1ccccc1. The molecular formula is C22H20N2O. The van der Waals surface area contributed by atoms with Crippen LogP contribution in [0.5, 0.6) is 0 Å². The maximum absolute atomic E-state index is 13.3. The highest BCUT2D eigenvalue weighted by atomic mass is 16.2. The Morgan fingerprint density at radius 3 is 2.16 bits per heavy atom. The molecule has 2 atom stereocenters. The van der Waals surface area contributed by atoms with E-state index in [0.29, 0.717) is 0 Å². The van der Waals surface area contributed by atoms with Crippen molar-refractivity contribution in [2.45, 2.75) is 19.1 Å². The third-order valence-corrected chi connectivity index (χ3v) is 4.78. The first-order chi connectivity index (χ1) is 12.3. The van der Waals surface area contributed by atoms with Crippen molar-refractivity contribution in [3.8, 4) is 0 Å². The Bertz CT molecular complexity index is 877. The van der Waals surface area contributed by atoms with Crippen LogP contribution in [-0.2, 0) is 0 Å². The molecule has 0 saturated carbocycles. The highest BCUT2D eigenvalue weighted by molar-refractivity contribution is 6.02. The second-order valence-corrected chi connectivity index (χ2v) is 6.30. The molecule has 3 heteroatoms. The molecule has 0 fully saturated rings. The van der Waals surface area contributed by atoms with Gasteiger partial charge in [0.1, 0.15) is 6.17 Å². The summed E-state index contributed by atoms with van der Waals surface area (Å²) in [6.07, 6.45) is -0.196. The van der Waals surface area contributed by atoms with Crippen LogP contribution < -0.4 is 5.32 Å². The number of rotatable bonds is 3. The molecule has 3 aromatic rings. The van der Waals surface area contributed by atoms with Gasteiger partial charge in [-0.15, -0.1) is 0 Å². The van der Waals surface area contributed by atoms with Crippen LogP contribution in [0.4, 0.5) is 5.69 Å². The number of fused-ring (bicyclic) bond motifs is 1. The molecule has 0 radical (unpaired) electrons. The van der Waals surface area contributed by atoms with Gasteiger partial charge in [-0.2, -0.15) is 0 Å². The second kappa shape index (κ2) is 6.44. The number of nitrogens with one attached hydrogen (secondary N) is 1. The summed E-state index contributed by atoms with van der Waals surface area (Å²) in [5.74, 6) is 0.0551. The van der Waals surface area contributed by atoms with E-state index in [1.807, 2.05) is 65.6 Å². The lowest BCUT2D eigenvalue weighted by atomic mass is 9.98. The molecule has 0 unspecified atom stereocenters. The molecular weight excluding hydrogens is 308 g/mol. The minimum absolute atomic E-state index is 0.0419. The van der Waals surface area contributed by atoms with Crippen molar-refractivity contribution < 1.29 is 4.79 Å². The molecule has 0 aromatic heterocycles. The Hall–Kier alpha value is -3.07. The lowest BCUT2D eigenvalue weighted by Crippen LogP contribution is -2.44. The zero-order valence-electron chi connectivity index (χ0n) is 14.1. The van der Waals surface area contributed by atoms with Crippen molar-refractivity contribution in [1.82, 2.24) is 4.90 Å². The Morgan fingerprint density at radius 1 is 0.840 bits per heavy atom. The van der Waals surface area contributed by atoms with Gasteiger partial charge in [-0.25, -0.2) is 0 Å². The van der Waals surface area contributed by atoms with Crippen molar-refractivity contribution in [1.29, 1.82) is 0 Å². The number of para-hydroxylation sites is 1. The van der Waals surface area contributed by atoms with Crippen LogP contribution in [0.1, 0.15) is 40.6 Å². The minimum atomic E-state index is -0.196. The first-order valence-corrected chi connectivity index (χ1v) is 8.54. The summed E-state index contributed by atoms with van der Waals surface area (Å²) < 4.78 is 0. The summed E-state index contributed by atoms with van der Waals surface area (Å²) in [6.45, 7) is 2.08. The van der Waals surface area contributed by atoms with Gasteiger partial charge in [-0.05, 0) is 30.2 Å². The summed E-state index contributed by atoms with van der Waals surface area (Å²) in [6, 6.07) is 28.0. The molecule has 0 spiro atoms. The molecule has 1 aliphatic rings. The topological polar surface area (TPSA) is 32.3 Å². The van der Waals surface area contributed by atoms with Crippen molar-refractivity contribution in [3.63, 3.8) is 0 Å². The molecule has 3 nitrogen and oxygen atoms in total. The highest BCUT2D eigenvalue weighted by Crippen LogP contribution is 2.38. The number of carbonyl (C=O) groups is 1. The Kier molecular flexibility index (Phi) is 3.98. The zero-order valence-corrected chi connectivity index (χ0v) is 14.1. The molecule has 1 amide bonds. The average molecular weight is 328 g/mol. The third-order valence-electron chi connectivity index (χ3n) is 4.78. The number of amides is 1. The van der Waals surface area contributed by atoms with Crippen LogP contribution >= 0.6 is 0 Å². The summed E-state index contributed by atoms with van der Waals surface area (Å²) in [5, 5.41) is 3.55. The van der Waals surface area contributed by atoms with Gasteiger partial charge in [0, 0.05) is 5.69 Å². The van der Waals surface area contributed by atoms with Crippen molar-refractivity contribution >= 4 is 11.6 Å². The Morgan fingerprint density at radius 2 is 1.44 bits per heavy atom.